The zero-order valence-corrected chi connectivity index (χ0v) is 11.8. The van der Waals surface area contributed by atoms with Gasteiger partial charge in [0.15, 0.2) is 0 Å². The average Bonchev–Trinajstić information content (AvgIpc) is 2.41. The maximum absolute atomic E-state index is 11.6. The number of nitrogens with one attached hydrogen (secondary N) is 2. The molecule has 0 saturated carbocycles. The molecule has 1 aromatic rings. The molecule has 0 bridgehead atoms. The van der Waals surface area contributed by atoms with E-state index in [1.807, 2.05) is 0 Å². The summed E-state index contributed by atoms with van der Waals surface area (Å²) in [6.45, 7) is 2.41. The minimum Gasteiger partial charge on any atom is -0.496 e. The van der Waals surface area contributed by atoms with Crippen LogP contribution in [0.3, 0.4) is 0 Å². The Morgan fingerprint density at radius 3 is 2.30 bits per heavy atom. The molecule has 0 spiro atoms. The standard InChI is InChI=1S/C14H20N2O4/c1-18-11-5-12(19-2)7-13(6-11)20-4-3-16-14(17)10-8-15-9-10/h5-7,10,15H,3-4,8-9H2,1-2H3,(H,16,17). The van der Waals surface area contributed by atoms with Crippen molar-refractivity contribution in [3.8, 4) is 17.2 Å². The van der Waals surface area contributed by atoms with Crippen LogP contribution in [-0.2, 0) is 4.79 Å². The van der Waals surface area contributed by atoms with Gasteiger partial charge < -0.3 is 24.8 Å². The molecule has 2 rings (SSSR count). The highest BCUT2D eigenvalue weighted by molar-refractivity contribution is 5.79. The first kappa shape index (κ1) is 14.5. The van der Waals surface area contributed by atoms with E-state index in [0.717, 1.165) is 13.1 Å². The van der Waals surface area contributed by atoms with E-state index < -0.39 is 0 Å². The predicted octanol–water partition coefficient (Wildman–Crippen LogP) is 0.418. The van der Waals surface area contributed by atoms with E-state index in [2.05, 4.69) is 10.6 Å². The first-order valence-corrected chi connectivity index (χ1v) is 6.57. The molecule has 0 radical (unpaired) electrons. The summed E-state index contributed by atoms with van der Waals surface area (Å²) >= 11 is 0. The summed E-state index contributed by atoms with van der Waals surface area (Å²) in [6, 6.07) is 5.33. The van der Waals surface area contributed by atoms with E-state index in [1.54, 1.807) is 32.4 Å². The van der Waals surface area contributed by atoms with Gasteiger partial charge in [0, 0.05) is 31.3 Å². The number of benzene rings is 1. The number of hydrogen-bond donors (Lipinski definition) is 2. The van der Waals surface area contributed by atoms with Crippen molar-refractivity contribution in [3.63, 3.8) is 0 Å². The van der Waals surface area contributed by atoms with Gasteiger partial charge in [-0.05, 0) is 0 Å². The number of methoxy groups -OCH3 is 2. The van der Waals surface area contributed by atoms with E-state index >= 15 is 0 Å². The number of hydrogen-bond acceptors (Lipinski definition) is 5. The number of carbonyl (C=O) groups excluding carboxylic acids is 1. The largest absolute Gasteiger partial charge is 0.496 e. The first-order valence-electron chi connectivity index (χ1n) is 6.57. The van der Waals surface area contributed by atoms with Crippen molar-refractivity contribution < 1.29 is 19.0 Å². The van der Waals surface area contributed by atoms with Crippen LogP contribution in [0, 0.1) is 5.92 Å². The predicted molar refractivity (Wildman–Crippen MR) is 74.4 cm³/mol. The normalized spacial score (nSPS) is 14.3. The minimum atomic E-state index is 0.0792. The molecule has 1 amide bonds. The third kappa shape index (κ3) is 3.77. The Kier molecular flexibility index (Phi) is 5.06. The van der Waals surface area contributed by atoms with Crippen molar-refractivity contribution in [1.29, 1.82) is 0 Å². The molecule has 1 aromatic carbocycles. The molecule has 0 aromatic heterocycles. The fourth-order valence-corrected chi connectivity index (χ4v) is 1.83. The molecule has 6 nitrogen and oxygen atoms in total. The Bertz CT molecular complexity index is 438. The van der Waals surface area contributed by atoms with Crippen LogP contribution in [-0.4, -0.2) is 46.4 Å². The molecule has 0 aliphatic carbocycles. The van der Waals surface area contributed by atoms with Crippen LogP contribution < -0.4 is 24.8 Å². The molecular weight excluding hydrogens is 260 g/mol. The fourth-order valence-electron chi connectivity index (χ4n) is 1.83. The molecule has 1 heterocycles. The second kappa shape index (κ2) is 7.00. The molecule has 1 aliphatic rings. The smallest absolute Gasteiger partial charge is 0.225 e. The van der Waals surface area contributed by atoms with Crippen LogP contribution in [0.15, 0.2) is 18.2 Å². The van der Waals surface area contributed by atoms with Crippen molar-refractivity contribution in [1.82, 2.24) is 10.6 Å². The summed E-state index contributed by atoms with van der Waals surface area (Å²) in [7, 11) is 3.18. The number of rotatable bonds is 7. The van der Waals surface area contributed by atoms with E-state index in [4.69, 9.17) is 14.2 Å². The Morgan fingerprint density at radius 2 is 1.80 bits per heavy atom. The van der Waals surface area contributed by atoms with Crippen LogP contribution in [0.4, 0.5) is 0 Å². The Balaban J connectivity index is 1.76. The number of amides is 1. The molecular formula is C14H20N2O4. The van der Waals surface area contributed by atoms with Crippen molar-refractivity contribution in [2.75, 3.05) is 40.5 Å². The van der Waals surface area contributed by atoms with E-state index in [1.165, 1.54) is 0 Å². The summed E-state index contributed by atoms with van der Waals surface area (Å²) in [5.74, 6) is 2.18. The van der Waals surface area contributed by atoms with Gasteiger partial charge in [-0.15, -0.1) is 0 Å². The Labute approximate surface area is 118 Å². The van der Waals surface area contributed by atoms with Gasteiger partial charge in [0.2, 0.25) is 5.91 Å². The zero-order valence-electron chi connectivity index (χ0n) is 11.8. The van der Waals surface area contributed by atoms with Crippen LogP contribution in [0.2, 0.25) is 0 Å². The van der Waals surface area contributed by atoms with Gasteiger partial charge >= 0.3 is 0 Å². The highest BCUT2D eigenvalue weighted by Gasteiger charge is 2.24. The topological polar surface area (TPSA) is 68.8 Å². The van der Waals surface area contributed by atoms with Crippen LogP contribution in [0.5, 0.6) is 17.2 Å². The highest BCUT2D eigenvalue weighted by atomic mass is 16.5. The zero-order chi connectivity index (χ0) is 14.4. The summed E-state index contributed by atoms with van der Waals surface area (Å²) < 4.78 is 15.9. The first-order chi connectivity index (χ1) is 9.72. The Hall–Kier alpha value is -1.95. The second-order valence-electron chi connectivity index (χ2n) is 4.54. The molecule has 1 aliphatic heterocycles. The van der Waals surface area contributed by atoms with Crippen LogP contribution in [0.1, 0.15) is 0 Å². The van der Waals surface area contributed by atoms with Gasteiger partial charge in [-0.1, -0.05) is 0 Å². The van der Waals surface area contributed by atoms with Gasteiger partial charge in [0.1, 0.15) is 23.9 Å². The Morgan fingerprint density at radius 1 is 1.20 bits per heavy atom. The highest BCUT2D eigenvalue weighted by Crippen LogP contribution is 2.27. The van der Waals surface area contributed by atoms with E-state index in [-0.39, 0.29) is 11.8 Å². The third-order valence-electron chi connectivity index (χ3n) is 3.15. The maximum Gasteiger partial charge on any atom is 0.225 e. The third-order valence-corrected chi connectivity index (χ3v) is 3.15. The van der Waals surface area contributed by atoms with Gasteiger partial charge in [0.05, 0.1) is 26.7 Å². The second-order valence-corrected chi connectivity index (χ2v) is 4.54. The SMILES string of the molecule is COc1cc(OC)cc(OCCNC(=O)C2CNC2)c1. The lowest BCUT2D eigenvalue weighted by Gasteiger charge is -2.25. The molecule has 1 fully saturated rings. The molecule has 6 heteroatoms. The molecule has 1 saturated heterocycles. The molecule has 0 unspecified atom stereocenters. The van der Waals surface area contributed by atoms with Gasteiger partial charge in [-0.2, -0.15) is 0 Å². The lowest BCUT2D eigenvalue weighted by Crippen LogP contribution is -2.51. The quantitative estimate of drug-likeness (QED) is 0.708. The summed E-state index contributed by atoms with van der Waals surface area (Å²) in [6.07, 6.45) is 0. The molecule has 110 valence electrons. The van der Waals surface area contributed by atoms with Gasteiger partial charge in [-0.25, -0.2) is 0 Å². The lowest BCUT2D eigenvalue weighted by molar-refractivity contribution is -0.126. The molecule has 20 heavy (non-hydrogen) atoms. The number of ether oxygens (including phenoxy) is 3. The summed E-state index contributed by atoms with van der Waals surface area (Å²) in [5.41, 5.74) is 0. The van der Waals surface area contributed by atoms with Gasteiger partial charge in [-0.3, -0.25) is 4.79 Å². The average molecular weight is 280 g/mol. The molecule has 2 N–H and O–H groups in total. The van der Waals surface area contributed by atoms with Crippen molar-refractivity contribution in [3.05, 3.63) is 18.2 Å². The van der Waals surface area contributed by atoms with Crippen LogP contribution in [0.25, 0.3) is 0 Å². The van der Waals surface area contributed by atoms with Crippen LogP contribution >= 0.6 is 0 Å². The lowest BCUT2D eigenvalue weighted by atomic mass is 10.0. The van der Waals surface area contributed by atoms with E-state index in [0.29, 0.717) is 30.4 Å². The molecule has 0 atom stereocenters. The van der Waals surface area contributed by atoms with Crippen molar-refractivity contribution in [2.24, 2.45) is 5.92 Å². The van der Waals surface area contributed by atoms with Crippen molar-refractivity contribution >= 4 is 5.91 Å². The maximum atomic E-state index is 11.6. The number of carbonyl (C=O) groups is 1. The minimum absolute atomic E-state index is 0.0792. The summed E-state index contributed by atoms with van der Waals surface area (Å²) in [4.78, 5) is 11.6. The van der Waals surface area contributed by atoms with Gasteiger partial charge in [0.25, 0.3) is 0 Å². The summed E-state index contributed by atoms with van der Waals surface area (Å²) in [5, 5.41) is 5.91. The van der Waals surface area contributed by atoms with E-state index in [9.17, 15) is 4.79 Å². The van der Waals surface area contributed by atoms with Crippen molar-refractivity contribution in [2.45, 2.75) is 0 Å². The fraction of sp³-hybridized carbons (Fsp3) is 0.500. The monoisotopic (exact) mass is 280 g/mol.